The van der Waals surface area contributed by atoms with Crippen molar-refractivity contribution in [2.75, 3.05) is 0 Å². The summed E-state index contributed by atoms with van der Waals surface area (Å²) in [4.78, 5) is 25.6. The van der Waals surface area contributed by atoms with Crippen molar-refractivity contribution in [2.45, 2.75) is 0 Å². The number of amidine groups is 1. The van der Waals surface area contributed by atoms with E-state index in [-0.39, 0.29) is 36.9 Å². The first-order valence-corrected chi connectivity index (χ1v) is 9.12. The maximum atomic E-state index is 12.2. The van der Waals surface area contributed by atoms with Crippen molar-refractivity contribution in [3.05, 3.63) is 69.3 Å². The van der Waals surface area contributed by atoms with Gasteiger partial charge in [-0.05, 0) is 47.7 Å². The second-order valence-electron chi connectivity index (χ2n) is 5.36. The van der Waals surface area contributed by atoms with Crippen molar-refractivity contribution >= 4 is 68.8 Å². The quantitative estimate of drug-likeness (QED) is 0.504. The number of benzene rings is 2. The molecule has 130 valence electrons. The Balaban J connectivity index is 0.00000140. The number of hydrogen-bond donors (Lipinski definition) is 1. The van der Waals surface area contributed by atoms with E-state index in [0.29, 0.717) is 25.8 Å². The Labute approximate surface area is 193 Å². The second kappa shape index (κ2) is 8.73. The molecule has 0 atom stereocenters. The molecule has 1 N–H and O–H groups in total. The maximum Gasteiger partial charge on any atom is 1.00 e. The van der Waals surface area contributed by atoms with Gasteiger partial charge in [0.05, 0.1) is 26.0 Å². The molecule has 1 fully saturated rings. The number of halogens is 2. The molecule has 27 heavy (non-hydrogen) atoms. The van der Waals surface area contributed by atoms with Crippen molar-refractivity contribution in [2.24, 2.45) is 4.99 Å². The van der Waals surface area contributed by atoms with Crippen LogP contribution in [0.2, 0.25) is 10.0 Å². The zero-order valence-corrected chi connectivity index (χ0v) is 18.4. The van der Waals surface area contributed by atoms with Crippen molar-refractivity contribution in [3.63, 3.8) is 0 Å². The molecule has 9 heteroatoms. The number of aliphatic imine (C=N–C) groups is 1. The molecule has 0 bridgehead atoms. The molecule has 0 radical (unpaired) electrons. The van der Waals surface area contributed by atoms with Gasteiger partial charge in [-0.25, -0.2) is 4.99 Å². The molecule has 0 unspecified atom stereocenters. The van der Waals surface area contributed by atoms with Crippen LogP contribution in [0.25, 0.3) is 17.1 Å². The van der Waals surface area contributed by atoms with Crippen molar-refractivity contribution < 1.29 is 35.8 Å². The summed E-state index contributed by atoms with van der Waals surface area (Å²) in [5, 5.41) is 4.00. The average Bonchev–Trinajstić information content (AvgIpc) is 2.97. The standard InChI is InChI=1S/C18H10Cl2N4OS.Na.H/c19-11-2-1-3-12(20)16(11)23-18-24-17(25)15(26-18)9-10-4-5-13-14(8-10)22-7-6-21-13;;/h1-9H,(H,23,24,25);;/q;+1;-1/b15-9-;;. The van der Waals surface area contributed by atoms with Crippen molar-refractivity contribution in [1.82, 2.24) is 15.3 Å². The summed E-state index contributed by atoms with van der Waals surface area (Å²) in [6.45, 7) is 0. The van der Waals surface area contributed by atoms with Crippen LogP contribution in [-0.2, 0) is 4.79 Å². The fourth-order valence-electron chi connectivity index (χ4n) is 2.40. The molecular weight excluding hydrogens is 414 g/mol. The molecule has 1 aromatic heterocycles. The van der Waals surface area contributed by atoms with Crippen LogP contribution in [-0.4, -0.2) is 21.0 Å². The van der Waals surface area contributed by atoms with Crippen LogP contribution in [0.5, 0.6) is 0 Å². The molecule has 5 nitrogen and oxygen atoms in total. The van der Waals surface area contributed by atoms with Gasteiger partial charge < -0.3 is 6.74 Å². The average molecular weight is 425 g/mol. The number of aromatic nitrogens is 2. The predicted molar refractivity (Wildman–Crippen MR) is 108 cm³/mol. The number of amides is 1. The molecule has 2 aromatic carbocycles. The van der Waals surface area contributed by atoms with Gasteiger partial charge in [-0.1, -0.05) is 35.3 Å². The molecule has 3 aromatic rings. The summed E-state index contributed by atoms with van der Waals surface area (Å²) >= 11 is 13.5. The molecule has 2 heterocycles. The summed E-state index contributed by atoms with van der Waals surface area (Å²) in [7, 11) is 0. The van der Waals surface area contributed by atoms with Gasteiger partial charge in [0.1, 0.15) is 5.69 Å². The van der Waals surface area contributed by atoms with Crippen LogP contribution in [0.4, 0.5) is 5.69 Å². The van der Waals surface area contributed by atoms with Gasteiger partial charge in [0.2, 0.25) is 0 Å². The Morgan fingerprint density at radius 1 is 1.07 bits per heavy atom. The summed E-state index contributed by atoms with van der Waals surface area (Å²) in [5.74, 6) is -0.226. The van der Waals surface area contributed by atoms with E-state index < -0.39 is 0 Å². The molecular formula is C18H11Cl2N4NaOS. The van der Waals surface area contributed by atoms with E-state index >= 15 is 0 Å². The minimum Gasteiger partial charge on any atom is -1.00 e. The van der Waals surface area contributed by atoms with Gasteiger partial charge in [-0.2, -0.15) is 0 Å². The summed E-state index contributed by atoms with van der Waals surface area (Å²) in [6.07, 6.45) is 5.06. The third-order valence-electron chi connectivity index (χ3n) is 3.59. The van der Waals surface area contributed by atoms with E-state index in [2.05, 4.69) is 20.3 Å². The first kappa shape index (κ1) is 20.3. The Morgan fingerprint density at radius 3 is 2.52 bits per heavy atom. The first-order valence-electron chi connectivity index (χ1n) is 7.54. The Bertz CT molecular complexity index is 1090. The van der Waals surface area contributed by atoms with Gasteiger partial charge >= 0.3 is 29.6 Å². The fraction of sp³-hybridized carbons (Fsp3) is 0. The van der Waals surface area contributed by atoms with Gasteiger partial charge in [0.15, 0.2) is 5.17 Å². The third-order valence-corrected chi connectivity index (χ3v) is 5.11. The number of carbonyl (C=O) groups excluding carboxylic acids is 1. The Morgan fingerprint density at radius 2 is 1.78 bits per heavy atom. The third kappa shape index (κ3) is 4.54. The zero-order valence-electron chi connectivity index (χ0n) is 15.1. The topological polar surface area (TPSA) is 67.2 Å². The van der Waals surface area contributed by atoms with E-state index in [4.69, 9.17) is 23.2 Å². The molecule has 1 aliphatic rings. The number of para-hydroxylation sites is 1. The molecule has 0 spiro atoms. The molecule has 4 rings (SSSR count). The molecule has 0 saturated carbocycles. The summed E-state index contributed by atoms with van der Waals surface area (Å²) in [5.41, 5.74) is 2.85. The minimum absolute atomic E-state index is 0. The van der Waals surface area contributed by atoms with Crippen molar-refractivity contribution in [3.8, 4) is 0 Å². The summed E-state index contributed by atoms with van der Waals surface area (Å²) in [6, 6.07) is 10.8. The van der Waals surface area contributed by atoms with E-state index in [1.165, 1.54) is 11.8 Å². The van der Waals surface area contributed by atoms with Crippen LogP contribution in [0.15, 0.2) is 58.7 Å². The molecule has 1 saturated heterocycles. The summed E-state index contributed by atoms with van der Waals surface area (Å²) < 4.78 is 0. The van der Waals surface area contributed by atoms with E-state index in [1.54, 1.807) is 36.7 Å². The molecule has 1 amide bonds. The predicted octanol–water partition coefficient (Wildman–Crippen LogP) is 1.94. The van der Waals surface area contributed by atoms with Gasteiger partial charge in [-0.3, -0.25) is 14.8 Å². The number of hydrogen-bond acceptors (Lipinski definition) is 5. The van der Waals surface area contributed by atoms with Crippen LogP contribution in [0, 0.1) is 0 Å². The SMILES string of the molecule is O=C1NC(=Nc2c(Cl)cccc2Cl)S/C1=C\c1ccc2nccnc2c1.[H-].[Na+]. The Kier molecular flexibility index (Phi) is 6.57. The van der Waals surface area contributed by atoms with Crippen LogP contribution in [0.3, 0.4) is 0 Å². The van der Waals surface area contributed by atoms with E-state index in [0.717, 1.165) is 16.6 Å². The monoisotopic (exact) mass is 424 g/mol. The molecule has 1 aliphatic heterocycles. The number of nitrogens with one attached hydrogen (secondary N) is 1. The zero-order chi connectivity index (χ0) is 18.1. The first-order chi connectivity index (χ1) is 12.6. The largest absolute Gasteiger partial charge is 1.00 e. The number of carbonyl (C=O) groups is 1. The van der Waals surface area contributed by atoms with Gasteiger partial charge in [0.25, 0.3) is 5.91 Å². The van der Waals surface area contributed by atoms with Crippen LogP contribution in [0.1, 0.15) is 6.99 Å². The van der Waals surface area contributed by atoms with Gasteiger partial charge in [0, 0.05) is 12.4 Å². The maximum absolute atomic E-state index is 12.2. The number of nitrogens with zero attached hydrogens (tertiary/aromatic N) is 3. The van der Waals surface area contributed by atoms with Crippen molar-refractivity contribution in [1.29, 1.82) is 0 Å². The molecule has 0 aliphatic carbocycles. The Hall–Kier alpha value is -1.41. The normalized spacial score (nSPS) is 16.6. The van der Waals surface area contributed by atoms with Crippen LogP contribution >= 0.6 is 35.0 Å². The number of fused-ring (bicyclic) bond motifs is 1. The van der Waals surface area contributed by atoms with Crippen LogP contribution < -0.4 is 34.9 Å². The van der Waals surface area contributed by atoms with E-state index in [9.17, 15) is 4.79 Å². The number of rotatable bonds is 2. The van der Waals surface area contributed by atoms with E-state index in [1.807, 2.05) is 18.2 Å². The smallest absolute Gasteiger partial charge is 1.00 e. The van der Waals surface area contributed by atoms with Gasteiger partial charge in [-0.15, -0.1) is 0 Å². The minimum atomic E-state index is -0.226. The number of thioether (sulfide) groups is 1. The fourth-order valence-corrected chi connectivity index (χ4v) is 3.71. The second-order valence-corrected chi connectivity index (χ2v) is 7.20.